The van der Waals surface area contributed by atoms with Gasteiger partial charge in [0, 0.05) is 26.7 Å². The van der Waals surface area contributed by atoms with E-state index >= 15 is 0 Å². The molecule has 0 amide bonds. The van der Waals surface area contributed by atoms with Gasteiger partial charge in [-0.15, -0.1) is 0 Å². The number of nitrogens with zero attached hydrogens (tertiary/aromatic N) is 5. The molecular formula is C14H21IN6O. The van der Waals surface area contributed by atoms with Crippen LogP contribution in [0.15, 0.2) is 6.33 Å². The maximum absolute atomic E-state index is 5.91. The maximum Gasteiger partial charge on any atom is 0.164 e. The number of hydrogen-bond acceptors (Lipinski definition) is 6. The lowest BCUT2D eigenvalue weighted by Crippen LogP contribution is -2.37. The fourth-order valence-electron chi connectivity index (χ4n) is 2.95. The van der Waals surface area contributed by atoms with Gasteiger partial charge >= 0.3 is 0 Å². The van der Waals surface area contributed by atoms with Gasteiger partial charge in [-0.3, -0.25) is 0 Å². The van der Waals surface area contributed by atoms with Crippen molar-refractivity contribution in [1.82, 2.24) is 24.6 Å². The van der Waals surface area contributed by atoms with Gasteiger partial charge in [-0.1, -0.05) is 0 Å². The Morgan fingerprint density at radius 1 is 1.32 bits per heavy atom. The number of likely N-dealkylation sites (tertiary alicyclic amines) is 1. The van der Waals surface area contributed by atoms with E-state index in [1.54, 1.807) is 7.11 Å². The summed E-state index contributed by atoms with van der Waals surface area (Å²) in [7, 11) is 1.80. The molecule has 2 aromatic rings. The Morgan fingerprint density at radius 3 is 2.82 bits per heavy atom. The highest BCUT2D eigenvalue weighted by molar-refractivity contribution is 14.1. The Bertz CT molecular complexity index is 638. The molecule has 0 radical (unpaired) electrons. The molecule has 1 aliphatic heterocycles. The van der Waals surface area contributed by atoms with Gasteiger partial charge in [-0.05, 0) is 48.4 Å². The molecule has 2 N–H and O–H groups in total. The summed E-state index contributed by atoms with van der Waals surface area (Å²) in [6.45, 7) is 4.16. The van der Waals surface area contributed by atoms with Crippen molar-refractivity contribution in [3.8, 4) is 0 Å². The lowest BCUT2D eigenvalue weighted by molar-refractivity contribution is 0.0405. The highest BCUT2D eigenvalue weighted by atomic mass is 127. The standard InChI is InChI=1S/C14H21IN6O/c1-22-10-3-7-20(8-4-10)5-2-6-21-14-11(12(15)19-21)13(16)17-9-18-14/h9-10H,2-8H2,1H3,(H2,16,17,18). The first-order valence-corrected chi connectivity index (χ1v) is 8.64. The predicted molar refractivity (Wildman–Crippen MR) is 93.5 cm³/mol. The van der Waals surface area contributed by atoms with E-state index in [1.807, 2.05) is 4.68 Å². The number of rotatable bonds is 5. The molecule has 1 aliphatic rings. The van der Waals surface area contributed by atoms with Gasteiger partial charge in [-0.2, -0.15) is 5.10 Å². The maximum atomic E-state index is 5.91. The molecule has 0 bridgehead atoms. The number of fused-ring (bicyclic) bond motifs is 1. The zero-order chi connectivity index (χ0) is 15.5. The summed E-state index contributed by atoms with van der Waals surface area (Å²) < 4.78 is 8.22. The van der Waals surface area contributed by atoms with Crippen LogP contribution in [0.2, 0.25) is 0 Å². The van der Waals surface area contributed by atoms with Crippen LogP contribution < -0.4 is 5.73 Å². The largest absolute Gasteiger partial charge is 0.383 e. The number of methoxy groups -OCH3 is 1. The van der Waals surface area contributed by atoms with Gasteiger partial charge in [-0.25, -0.2) is 14.6 Å². The van der Waals surface area contributed by atoms with Crippen molar-refractivity contribution in [2.75, 3.05) is 32.5 Å². The number of halogens is 1. The van der Waals surface area contributed by atoms with E-state index < -0.39 is 0 Å². The average molecular weight is 416 g/mol. The number of aryl methyl sites for hydroxylation is 1. The molecule has 2 aromatic heterocycles. The van der Waals surface area contributed by atoms with Crippen LogP contribution >= 0.6 is 22.6 Å². The summed E-state index contributed by atoms with van der Waals surface area (Å²) >= 11 is 2.19. The van der Waals surface area contributed by atoms with Crippen LogP contribution in [0.4, 0.5) is 5.82 Å². The van der Waals surface area contributed by atoms with Crippen molar-refractivity contribution in [3.05, 3.63) is 10.0 Å². The number of aromatic nitrogens is 4. The third-order valence-electron chi connectivity index (χ3n) is 4.23. The monoisotopic (exact) mass is 416 g/mol. The normalized spacial score (nSPS) is 17.4. The van der Waals surface area contributed by atoms with Gasteiger partial charge in [0.2, 0.25) is 0 Å². The number of hydrogen-bond donors (Lipinski definition) is 1. The lowest BCUT2D eigenvalue weighted by atomic mass is 10.1. The summed E-state index contributed by atoms with van der Waals surface area (Å²) in [5.74, 6) is 0.502. The number of nitrogens with two attached hydrogens (primary N) is 1. The summed E-state index contributed by atoms with van der Waals surface area (Å²) in [4.78, 5) is 10.9. The minimum Gasteiger partial charge on any atom is -0.383 e. The molecule has 0 saturated carbocycles. The number of nitrogen functional groups attached to an aromatic ring is 1. The molecule has 1 saturated heterocycles. The van der Waals surface area contributed by atoms with E-state index in [4.69, 9.17) is 10.5 Å². The fourth-order valence-corrected chi connectivity index (χ4v) is 3.73. The first-order valence-electron chi connectivity index (χ1n) is 7.56. The summed E-state index contributed by atoms with van der Waals surface area (Å²) in [6, 6.07) is 0. The molecule has 22 heavy (non-hydrogen) atoms. The molecule has 0 atom stereocenters. The van der Waals surface area contributed by atoms with Crippen LogP contribution in [0.5, 0.6) is 0 Å². The van der Waals surface area contributed by atoms with Crippen LogP contribution in [0.3, 0.4) is 0 Å². The second-order valence-electron chi connectivity index (χ2n) is 5.60. The lowest BCUT2D eigenvalue weighted by Gasteiger charge is -2.31. The van der Waals surface area contributed by atoms with E-state index in [9.17, 15) is 0 Å². The molecule has 8 heteroatoms. The van der Waals surface area contributed by atoms with Crippen LogP contribution in [0, 0.1) is 3.70 Å². The summed E-state index contributed by atoms with van der Waals surface area (Å²) in [5, 5.41) is 5.41. The third kappa shape index (κ3) is 3.33. The number of ether oxygens (including phenoxy) is 1. The Kier molecular flexibility index (Phi) is 5.09. The smallest absolute Gasteiger partial charge is 0.164 e. The molecule has 0 unspecified atom stereocenters. The molecule has 1 fully saturated rings. The van der Waals surface area contributed by atoms with Gasteiger partial charge in [0.25, 0.3) is 0 Å². The SMILES string of the molecule is COC1CCN(CCCn2nc(I)c3c(N)ncnc32)CC1. The van der Waals surface area contributed by atoms with Crippen molar-refractivity contribution < 1.29 is 4.74 Å². The first kappa shape index (κ1) is 15.9. The zero-order valence-electron chi connectivity index (χ0n) is 12.7. The highest BCUT2D eigenvalue weighted by Gasteiger charge is 2.18. The summed E-state index contributed by atoms with van der Waals surface area (Å²) in [6.07, 6.45) is 5.24. The van der Waals surface area contributed by atoms with Gasteiger partial charge in [0.15, 0.2) is 5.65 Å². The Morgan fingerprint density at radius 2 is 2.09 bits per heavy atom. The van der Waals surface area contributed by atoms with Crippen molar-refractivity contribution >= 4 is 39.4 Å². The first-order chi connectivity index (χ1) is 10.7. The molecule has 0 aliphatic carbocycles. The van der Waals surface area contributed by atoms with E-state index in [0.29, 0.717) is 11.9 Å². The van der Waals surface area contributed by atoms with Gasteiger partial charge < -0.3 is 15.4 Å². The molecule has 3 heterocycles. The van der Waals surface area contributed by atoms with E-state index in [0.717, 1.165) is 60.2 Å². The van der Waals surface area contributed by atoms with Gasteiger partial charge in [0.05, 0.1) is 11.5 Å². The third-order valence-corrected chi connectivity index (χ3v) is 4.98. The molecule has 120 valence electrons. The Balaban J connectivity index is 1.57. The average Bonchev–Trinajstić information content (AvgIpc) is 2.86. The molecule has 0 spiro atoms. The van der Waals surface area contributed by atoms with Crippen molar-refractivity contribution in [2.45, 2.75) is 31.9 Å². The minimum absolute atomic E-state index is 0.438. The van der Waals surface area contributed by atoms with Crippen molar-refractivity contribution in [2.24, 2.45) is 0 Å². The van der Waals surface area contributed by atoms with Crippen LogP contribution in [0.25, 0.3) is 11.0 Å². The molecular weight excluding hydrogens is 395 g/mol. The highest BCUT2D eigenvalue weighted by Crippen LogP contribution is 2.22. The summed E-state index contributed by atoms with van der Waals surface area (Å²) in [5.41, 5.74) is 6.74. The molecule has 0 aromatic carbocycles. The second kappa shape index (κ2) is 7.05. The Hall–Kier alpha value is -1.00. The van der Waals surface area contributed by atoms with E-state index in [-0.39, 0.29) is 0 Å². The minimum atomic E-state index is 0.438. The molecule has 7 nitrogen and oxygen atoms in total. The predicted octanol–water partition coefficient (Wildman–Crippen LogP) is 1.51. The number of anilines is 1. The molecule has 3 rings (SSSR count). The van der Waals surface area contributed by atoms with Crippen LogP contribution in [0.1, 0.15) is 19.3 Å². The zero-order valence-corrected chi connectivity index (χ0v) is 14.9. The van der Waals surface area contributed by atoms with Crippen LogP contribution in [-0.4, -0.2) is 57.5 Å². The number of piperidine rings is 1. The quantitative estimate of drug-likeness (QED) is 0.745. The van der Waals surface area contributed by atoms with Gasteiger partial charge in [0.1, 0.15) is 15.8 Å². The van der Waals surface area contributed by atoms with Crippen molar-refractivity contribution in [3.63, 3.8) is 0 Å². The topological polar surface area (TPSA) is 82.1 Å². The second-order valence-corrected chi connectivity index (χ2v) is 6.62. The van der Waals surface area contributed by atoms with Crippen LogP contribution in [-0.2, 0) is 11.3 Å². The fraction of sp³-hybridized carbons (Fsp3) is 0.643. The van der Waals surface area contributed by atoms with E-state index in [2.05, 4.69) is 42.6 Å². The van der Waals surface area contributed by atoms with E-state index in [1.165, 1.54) is 6.33 Å². The van der Waals surface area contributed by atoms with Crippen molar-refractivity contribution in [1.29, 1.82) is 0 Å². The Labute approximate surface area is 143 Å².